The standard InChI is InChI=1S/C19H19F3N2O2/c20-19(21,22)16-5-3-14(4-6-16)18(25)24-17(13-7-10-26-11-8-13)15-2-1-9-23-12-15/h1-6,9,12-13,17H,7-8,10-11H2,(H,24,25). The molecular weight excluding hydrogens is 345 g/mol. The Labute approximate surface area is 149 Å². The molecule has 1 aliphatic heterocycles. The maximum Gasteiger partial charge on any atom is 0.416 e. The van der Waals surface area contributed by atoms with E-state index in [4.69, 9.17) is 4.74 Å². The Kier molecular flexibility index (Phi) is 5.56. The Balaban J connectivity index is 1.78. The van der Waals surface area contributed by atoms with Crippen molar-refractivity contribution in [1.82, 2.24) is 10.3 Å². The highest BCUT2D eigenvalue weighted by molar-refractivity contribution is 5.94. The summed E-state index contributed by atoms with van der Waals surface area (Å²) in [7, 11) is 0. The van der Waals surface area contributed by atoms with Gasteiger partial charge in [0, 0.05) is 31.2 Å². The minimum Gasteiger partial charge on any atom is -0.381 e. The number of hydrogen-bond acceptors (Lipinski definition) is 3. The van der Waals surface area contributed by atoms with E-state index in [2.05, 4.69) is 10.3 Å². The van der Waals surface area contributed by atoms with E-state index in [1.807, 2.05) is 6.07 Å². The summed E-state index contributed by atoms with van der Waals surface area (Å²) in [4.78, 5) is 16.7. The topological polar surface area (TPSA) is 51.2 Å². The molecule has 0 bridgehead atoms. The highest BCUT2D eigenvalue weighted by Crippen LogP contribution is 2.31. The maximum atomic E-state index is 12.7. The third kappa shape index (κ3) is 4.40. The number of carbonyl (C=O) groups is 1. The smallest absolute Gasteiger partial charge is 0.381 e. The van der Waals surface area contributed by atoms with Crippen LogP contribution < -0.4 is 5.32 Å². The molecule has 2 heterocycles. The van der Waals surface area contributed by atoms with E-state index in [1.54, 1.807) is 18.5 Å². The number of ether oxygens (including phenoxy) is 1. The lowest BCUT2D eigenvalue weighted by atomic mass is 9.87. The van der Waals surface area contributed by atoms with E-state index in [9.17, 15) is 18.0 Å². The lowest BCUT2D eigenvalue weighted by Crippen LogP contribution is -2.36. The summed E-state index contributed by atoms with van der Waals surface area (Å²) in [5.41, 5.74) is 0.293. The monoisotopic (exact) mass is 364 g/mol. The van der Waals surface area contributed by atoms with Crippen LogP contribution in [-0.4, -0.2) is 24.1 Å². The molecule has 1 N–H and O–H groups in total. The van der Waals surface area contributed by atoms with Gasteiger partial charge in [-0.05, 0) is 54.7 Å². The van der Waals surface area contributed by atoms with Crippen molar-refractivity contribution in [3.8, 4) is 0 Å². The van der Waals surface area contributed by atoms with E-state index >= 15 is 0 Å². The van der Waals surface area contributed by atoms with Crippen LogP contribution in [0.4, 0.5) is 13.2 Å². The number of halogens is 3. The molecule has 7 heteroatoms. The fourth-order valence-corrected chi connectivity index (χ4v) is 3.12. The molecule has 0 saturated carbocycles. The van der Waals surface area contributed by atoms with Gasteiger partial charge in [-0.2, -0.15) is 13.2 Å². The van der Waals surface area contributed by atoms with Gasteiger partial charge in [0.05, 0.1) is 11.6 Å². The molecule has 138 valence electrons. The van der Waals surface area contributed by atoms with Crippen molar-refractivity contribution < 1.29 is 22.7 Å². The number of nitrogens with zero attached hydrogens (tertiary/aromatic N) is 1. The second-order valence-electron chi connectivity index (χ2n) is 6.26. The summed E-state index contributed by atoms with van der Waals surface area (Å²) in [6.07, 6.45) is 0.532. The number of aromatic nitrogens is 1. The number of carbonyl (C=O) groups excluding carboxylic acids is 1. The molecule has 1 saturated heterocycles. The molecule has 1 aromatic heterocycles. The van der Waals surface area contributed by atoms with Crippen molar-refractivity contribution >= 4 is 5.91 Å². The van der Waals surface area contributed by atoms with Gasteiger partial charge in [-0.3, -0.25) is 9.78 Å². The molecule has 1 fully saturated rings. The minimum absolute atomic E-state index is 0.186. The Hall–Kier alpha value is -2.41. The van der Waals surface area contributed by atoms with Gasteiger partial charge >= 0.3 is 6.18 Å². The number of pyridine rings is 1. The Morgan fingerprint density at radius 1 is 1.15 bits per heavy atom. The quantitative estimate of drug-likeness (QED) is 0.892. The molecule has 4 nitrogen and oxygen atoms in total. The third-order valence-corrected chi connectivity index (χ3v) is 4.54. The van der Waals surface area contributed by atoms with Crippen molar-refractivity contribution in [2.45, 2.75) is 25.1 Å². The van der Waals surface area contributed by atoms with Gasteiger partial charge in [0.15, 0.2) is 0 Å². The van der Waals surface area contributed by atoms with Crippen molar-refractivity contribution in [3.63, 3.8) is 0 Å². The average Bonchev–Trinajstić information content (AvgIpc) is 2.67. The zero-order valence-corrected chi connectivity index (χ0v) is 14.0. The molecule has 1 aromatic carbocycles. The second-order valence-corrected chi connectivity index (χ2v) is 6.26. The van der Waals surface area contributed by atoms with E-state index in [0.29, 0.717) is 13.2 Å². The van der Waals surface area contributed by atoms with Crippen LogP contribution in [0.2, 0.25) is 0 Å². The first-order valence-corrected chi connectivity index (χ1v) is 8.41. The number of benzene rings is 1. The summed E-state index contributed by atoms with van der Waals surface area (Å²) in [5.74, 6) is -0.217. The highest BCUT2D eigenvalue weighted by atomic mass is 19.4. The average molecular weight is 364 g/mol. The Morgan fingerprint density at radius 3 is 2.42 bits per heavy atom. The molecule has 0 radical (unpaired) electrons. The predicted molar refractivity (Wildman–Crippen MR) is 89.4 cm³/mol. The number of rotatable bonds is 4. The summed E-state index contributed by atoms with van der Waals surface area (Å²) >= 11 is 0. The summed E-state index contributed by atoms with van der Waals surface area (Å²) in [6.45, 7) is 1.25. The number of nitrogens with one attached hydrogen (secondary N) is 1. The molecule has 1 amide bonds. The lowest BCUT2D eigenvalue weighted by Gasteiger charge is -2.31. The molecular formula is C19H19F3N2O2. The summed E-state index contributed by atoms with van der Waals surface area (Å²) in [6, 6.07) is 7.66. The van der Waals surface area contributed by atoms with Crippen LogP contribution in [0.1, 0.15) is 40.4 Å². The SMILES string of the molecule is O=C(NC(c1cccnc1)C1CCOCC1)c1ccc(C(F)(F)F)cc1. The molecule has 2 aromatic rings. The van der Waals surface area contributed by atoms with Crippen molar-refractivity contribution in [1.29, 1.82) is 0 Å². The van der Waals surface area contributed by atoms with Gasteiger partial charge in [0.1, 0.15) is 0 Å². The third-order valence-electron chi connectivity index (χ3n) is 4.54. The van der Waals surface area contributed by atoms with Gasteiger partial charge in [0.2, 0.25) is 0 Å². The lowest BCUT2D eigenvalue weighted by molar-refractivity contribution is -0.137. The first-order chi connectivity index (χ1) is 12.4. The molecule has 0 aliphatic carbocycles. The second kappa shape index (κ2) is 7.86. The normalized spacial score (nSPS) is 16.9. The van der Waals surface area contributed by atoms with Crippen molar-refractivity contribution in [2.24, 2.45) is 5.92 Å². The zero-order valence-electron chi connectivity index (χ0n) is 14.0. The predicted octanol–water partition coefficient (Wildman–Crippen LogP) is 4.00. The molecule has 1 atom stereocenters. The Morgan fingerprint density at radius 2 is 1.85 bits per heavy atom. The van der Waals surface area contributed by atoms with Crippen LogP contribution in [-0.2, 0) is 10.9 Å². The molecule has 0 spiro atoms. The fraction of sp³-hybridized carbons (Fsp3) is 0.368. The Bertz CT molecular complexity index is 727. The van der Waals surface area contributed by atoms with Crippen LogP contribution in [0.15, 0.2) is 48.8 Å². The zero-order chi connectivity index (χ0) is 18.6. The molecule has 26 heavy (non-hydrogen) atoms. The summed E-state index contributed by atoms with van der Waals surface area (Å²) in [5, 5.41) is 2.96. The minimum atomic E-state index is -4.42. The van der Waals surface area contributed by atoms with Crippen LogP contribution in [0.5, 0.6) is 0 Å². The van der Waals surface area contributed by atoms with Crippen LogP contribution >= 0.6 is 0 Å². The number of alkyl halides is 3. The molecule has 1 aliphatic rings. The van der Waals surface area contributed by atoms with Gasteiger partial charge in [0.25, 0.3) is 5.91 Å². The van der Waals surface area contributed by atoms with Crippen LogP contribution in [0, 0.1) is 5.92 Å². The van der Waals surface area contributed by atoms with Crippen LogP contribution in [0.3, 0.4) is 0 Å². The van der Waals surface area contributed by atoms with Gasteiger partial charge < -0.3 is 10.1 Å². The molecule has 3 rings (SSSR count). The van der Waals surface area contributed by atoms with Gasteiger partial charge in [-0.15, -0.1) is 0 Å². The first-order valence-electron chi connectivity index (χ1n) is 8.41. The van der Waals surface area contributed by atoms with E-state index in [1.165, 1.54) is 12.1 Å². The van der Waals surface area contributed by atoms with E-state index in [-0.39, 0.29) is 17.5 Å². The maximum absolute atomic E-state index is 12.7. The van der Waals surface area contributed by atoms with Gasteiger partial charge in [-0.1, -0.05) is 6.07 Å². The molecule has 1 unspecified atom stereocenters. The first kappa shape index (κ1) is 18.4. The number of amides is 1. The van der Waals surface area contributed by atoms with Crippen molar-refractivity contribution in [2.75, 3.05) is 13.2 Å². The van der Waals surface area contributed by atoms with E-state index in [0.717, 1.165) is 30.5 Å². The van der Waals surface area contributed by atoms with Crippen molar-refractivity contribution in [3.05, 3.63) is 65.5 Å². The van der Waals surface area contributed by atoms with Crippen LogP contribution in [0.25, 0.3) is 0 Å². The van der Waals surface area contributed by atoms with E-state index < -0.39 is 17.6 Å². The highest BCUT2D eigenvalue weighted by Gasteiger charge is 2.31. The largest absolute Gasteiger partial charge is 0.416 e. The summed E-state index contributed by atoms with van der Waals surface area (Å²) < 4.78 is 43.4. The van der Waals surface area contributed by atoms with Gasteiger partial charge in [-0.25, -0.2) is 0 Å². The number of hydrogen-bond donors (Lipinski definition) is 1. The fourth-order valence-electron chi connectivity index (χ4n) is 3.12.